The molecule has 0 heterocycles. The molecule has 78 valence electrons. The van der Waals surface area contributed by atoms with Crippen LogP contribution in [0.4, 0.5) is 23.2 Å². The lowest BCUT2D eigenvalue weighted by Gasteiger charge is -2.13. The van der Waals surface area contributed by atoms with Gasteiger partial charge in [-0.05, 0) is 6.07 Å². The van der Waals surface area contributed by atoms with E-state index < -0.39 is 23.3 Å². The number of ether oxygens (including phenoxy) is 1. The fourth-order valence-corrected chi connectivity index (χ4v) is 1.05. The second-order valence-electron chi connectivity index (χ2n) is 2.57. The predicted molar refractivity (Wildman–Crippen MR) is 42.4 cm³/mol. The molecule has 1 aromatic rings. The van der Waals surface area contributed by atoms with Crippen LogP contribution >= 0.6 is 0 Å². The normalized spacial score (nSPS) is 11.5. The van der Waals surface area contributed by atoms with Crippen LogP contribution in [0, 0.1) is 5.82 Å². The Morgan fingerprint density at radius 2 is 1.86 bits per heavy atom. The molecule has 0 aliphatic heterocycles. The van der Waals surface area contributed by atoms with Gasteiger partial charge in [-0.2, -0.15) is 13.2 Å². The molecular weight excluding hydrogens is 202 g/mol. The lowest BCUT2D eigenvalue weighted by Crippen LogP contribution is -2.09. The maximum absolute atomic E-state index is 12.6. The Bertz CT molecular complexity index is 348. The molecule has 0 spiro atoms. The van der Waals surface area contributed by atoms with Crippen molar-refractivity contribution in [1.82, 2.24) is 0 Å². The van der Waals surface area contributed by atoms with E-state index in [1.807, 2.05) is 0 Å². The van der Waals surface area contributed by atoms with E-state index in [1.165, 1.54) is 0 Å². The molecule has 0 aromatic heterocycles. The Morgan fingerprint density at radius 1 is 1.29 bits per heavy atom. The first-order valence-corrected chi connectivity index (χ1v) is 3.56. The summed E-state index contributed by atoms with van der Waals surface area (Å²) >= 11 is 0. The van der Waals surface area contributed by atoms with Gasteiger partial charge >= 0.3 is 6.18 Å². The van der Waals surface area contributed by atoms with Gasteiger partial charge in [0.05, 0.1) is 12.8 Å². The molecule has 6 heteroatoms. The number of methoxy groups -OCH3 is 1. The summed E-state index contributed by atoms with van der Waals surface area (Å²) in [6, 6.07) is 1.11. The summed E-state index contributed by atoms with van der Waals surface area (Å²) in [5.74, 6) is -1.60. The summed E-state index contributed by atoms with van der Waals surface area (Å²) < 4.78 is 54.0. The number of hydrogen-bond acceptors (Lipinski definition) is 2. The van der Waals surface area contributed by atoms with Crippen LogP contribution in [0.1, 0.15) is 5.56 Å². The van der Waals surface area contributed by atoms with E-state index in [9.17, 15) is 17.6 Å². The highest BCUT2D eigenvalue weighted by Crippen LogP contribution is 2.39. The minimum absolute atomic E-state index is 0.342. The highest BCUT2D eigenvalue weighted by Gasteiger charge is 2.35. The number of nitrogens with two attached hydrogens (primary N) is 1. The highest BCUT2D eigenvalue weighted by atomic mass is 19.4. The maximum atomic E-state index is 12.6. The standard InChI is InChI=1S/C8H7F4NO/c1-14-7-5(8(10,11)12)2-4(9)3-6(7)13/h2-3H,13H2,1H3. The van der Waals surface area contributed by atoms with Crippen molar-refractivity contribution in [2.45, 2.75) is 6.18 Å². The first-order chi connectivity index (χ1) is 6.36. The molecule has 0 aliphatic rings. The zero-order chi connectivity index (χ0) is 10.9. The van der Waals surface area contributed by atoms with Crippen molar-refractivity contribution in [3.63, 3.8) is 0 Å². The SMILES string of the molecule is COc1c(N)cc(F)cc1C(F)(F)F. The summed E-state index contributed by atoms with van der Waals surface area (Å²) in [4.78, 5) is 0. The van der Waals surface area contributed by atoms with Crippen molar-refractivity contribution < 1.29 is 22.3 Å². The number of anilines is 1. The van der Waals surface area contributed by atoms with Crippen molar-refractivity contribution in [3.05, 3.63) is 23.5 Å². The Kier molecular flexibility index (Phi) is 2.55. The molecule has 0 aliphatic carbocycles. The lowest BCUT2D eigenvalue weighted by atomic mass is 10.1. The van der Waals surface area contributed by atoms with Crippen LogP contribution < -0.4 is 10.5 Å². The van der Waals surface area contributed by atoms with Gasteiger partial charge in [0.15, 0.2) is 5.75 Å². The van der Waals surface area contributed by atoms with Crippen LogP contribution in [0.2, 0.25) is 0 Å². The van der Waals surface area contributed by atoms with Crippen LogP contribution in [-0.2, 0) is 6.18 Å². The van der Waals surface area contributed by atoms with Crippen molar-refractivity contribution in [1.29, 1.82) is 0 Å². The van der Waals surface area contributed by atoms with Gasteiger partial charge in [-0.25, -0.2) is 4.39 Å². The average Bonchev–Trinajstić information content (AvgIpc) is 2.01. The highest BCUT2D eigenvalue weighted by molar-refractivity contribution is 5.58. The first-order valence-electron chi connectivity index (χ1n) is 3.56. The smallest absolute Gasteiger partial charge is 0.420 e. The monoisotopic (exact) mass is 209 g/mol. The zero-order valence-electron chi connectivity index (χ0n) is 7.15. The summed E-state index contributed by atoms with van der Waals surface area (Å²) in [6.45, 7) is 0. The number of benzene rings is 1. The van der Waals surface area contributed by atoms with Gasteiger partial charge in [0.25, 0.3) is 0 Å². The van der Waals surface area contributed by atoms with Gasteiger partial charge in [0, 0.05) is 6.07 Å². The van der Waals surface area contributed by atoms with Crippen LogP contribution in [0.5, 0.6) is 5.75 Å². The molecule has 0 bridgehead atoms. The Labute approximate surface area is 77.3 Å². The molecule has 14 heavy (non-hydrogen) atoms. The topological polar surface area (TPSA) is 35.2 Å². The van der Waals surface area contributed by atoms with Gasteiger partial charge in [0.1, 0.15) is 11.4 Å². The third-order valence-corrected chi connectivity index (χ3v) is 1.59. The number of halogens is 4. The van der Waals surface area contributed by atoms with E-state index in [0.717, 1.165) is 13.2 Å². The second kappa shape index (κ2) is 3.36. The van der Waals surface area contributed by atoms with Crippen molar-refractivity contribution in [2.75, 3.05) is 12.8 Å². The molecule has 2 nitrogen and oxygen atoms in total. The van der Waals surface area contributed by atoms with Gasteiger partial charge in [-0.15, -0.1) is 0 Å². The average molecular weight is 209 g/mol. The van der Waals surface area contributed by atoms with Crippen LogP contribution in [0.25, 0.3) is 0 Å². The molecule has 1 aromatic carbocycles. The van der Waals surface area contributed by atoms with Gasteiger partial charge in [-0.3, -0.25) is 0 Å². The minimum atomic E-state index is -4.68. The fraction of sp³-hybridized carbons (Fsp3) is 0.250. The summed E-state index contributed by atoms with van der Waals surface area (Å²) in [7, 11) is 1.04. The summed E-state index contributed by atoms with van der Waals surface area (Å²) in [5.41, 5.74) is 3.58. The second-order valence-corrected chi connectivity index (χ2v) is 2.57. The fourth-order valence-electron chi connectivity index (χ4n) is 1.05. The van der Waals surface area contributed by atoms with E-state index in [-0.39, 0.29) is 5.69 Å². The maximum Gasteiger partial charge on any atom is 0.420 e. The lowest BCUT2D eigenvalue weighted by molar-refractivity contribution is -0.138. The molecule has 2 N–H and O–H groups in total. The van der Waals surface area contributed by atoms with Crippen LogP contribution in [-0.4, -0.2) is 7.11 Å². The Balaban J connectivity index is 3.40. The predicted octanol–water partition coefficient (Wildman–Crippen LogP) is 2.44. The summed E-state index contributed by atoms with van der Waals surface area (Å²) in [6.07, 6.45) is -4.68. The first kappa shape index (κ1) is 10.6. The van der Waals surface area contributed by atoms with E-state index in [4.69, 9.17) is 5.73 Å². The van der Waals surface area contributed by atoms with Crippen molar-refractivity contribution in [3.8, 4) is 5.75 Å². The Morgan fingerprint density at radius 3 is 2.29 bits per heavy atom. The van der Waals surface area contributed by atoms with E-state index in [2.05, 4.69) is 4.74 Å². The third kappa shape index (κ3) is 1.89. The minimum Gasteiger partial charge on any atom is -0.494 e. The number of hydrogen-bond donors (Lipinski definition) is 1. The van der Waals surface area contributed by atoms with Crippen molar-refractivity contribution >= 4 is 5.69 Å². The quantitative estimate of drug-likeness (QED) is 0.569. The largest absolute Gasteiger partial charge is 0.494 e. The number of rotatable bonds is 1. The molecule has 0 saturated carbocycles. The molecule has 0 saturated heterocycles. The molecule has 1 rings (SSSR count). The number of nitrogen functional groups attached to an aromatic ring is 1. The molecule has 0 amide bonds. The van der Waals surface area contributed by atoms with Crippen LogP contribution in [0.3, 0.4) is 0 Å². The molecule has 0 fully saturated rings. The van der Waals surface area contributed by atoms with E-state index in [0.29, 0.717) is 6.07 Å². The number of alkyl halides is 3. The van der Waals surface area contributed by atoms with E-state index in [1.54, 1.807) is 0 Å². The van der Waals surface area contributed by atoms with Crippen LogP contribution in [0.15, 0.2) is 12.1 Å². The van der Waals surface area contributed by atoms with Gasteiger partial charge in [0.2, 0.25) is 0 Å². The van der Waals surface area contributed by atoms with Gasteiger partial charge in [-0.1, -0.05) is 0 Å². The molecule has 0 radical (unpaired) electrons. The third-order valence-electron chi connectivity index (χ3n) is 1.59. The Hall–Kier alpha value is -1.46. The molecule has 0 unspecified atom stereocenters. The zero-order valence-corrected chi connectivity index (χ0v) is 7.15. The van der Waals surface area contributed by atoms with E-state index >= 15 is 0 Å². The molecular formula is C8H7F4NO. The summed E-state index contributed by atoms with van der Waals surface area (Å²) in [5, 5.41) is 0. The molecule has 0 atom stereocenters. The van der Waals surface area contributed by atoms with Crippen molar-refractivity contribution in [2.24, 2.45) is 0 Å². The van der Waals surface area contributed by atoms with Gasteiger partial charge < -0.3 is 10.5 Å².